The zero-order valence-corrected chi connectivity index (χ0v) is 10.4. The molecule has 0 unspecified atom stereocenters. The lowest BCUT2D eigenvalue weighted by atomic mass is 10.1. The number of nitro groups is 1. The molecule has 2 aromatic carbocycles. The second-order valence-corrected chi connectivity index (χ2v) is 4.52. The molecular formula is C14H11FN3O2+. The number of nitro benzene ring substituents is 1. The molecule has 1 heterocycles. The van der Waals surface area contributed by atoms with Crippen molar-refractivity contribution in [3.8, 4) is 0 Å². The highest BCUT2D eigenvalue weighted by atomic mass is 19.1. The summed E-state index contributed by atoms with van der Waals surface area (Å²) in [5.41, 5.74) is 7.96. The monoisotopic (exact) mass is 272 g/mol. The van der Waals surface area contributed by atoms with Crippen molar-refractivity contribution in [3.05, 3.63) is 69.5 Å². The van der Waals surface area contributed by atoms with Gasteiger partial charge in [0.15, 0.2) is 0 Å². The smallest absolute Gasteiger partial charge is 0.286 e. The van der Waals surface area contributed by atoms with Crippen LogP contribution in [0.2, 0.25) is 0 Å². The zero-order chi connectivity index (χ0) is 14.3. The Labute approximate surface area is 113 Å². The minimum Gasteiger partial charge on any atom is -0.286 e. The molecule has 0 saturated heterocycles. The molecule has 0 radical (unpaired) electrons. The van der Waals surface area contributed by atoms with E-state index in [0.29, 0.717) is 18.1 Å². The highest BCUT2D eigenvalue weighted by Crippen LogP contribution is 2.28. The predicted octanol–water partition coefficient (Wildman–Crippen LogP) is 2.30. The molecule has 1 aliphatic heterocycles. The number of benzene rings is 2. The van der Waals surface area contributed by atoms with Gasteiger partial charge in [0.05, 0.1) is 16.6 Å². The van der Waals surface area contributed by atoms with Gasteiger partial charge in [-0.1, -0.05) is 18.2 Å². The fraction of sp³-hybridized carbons (Fsp3) is 0.0714. The number of rotatable bonds is 2. The fourth-order valence-electron chi connectivity index (χ4n) is 2.35. The fourth-order valence-corrected chi connectivity index (χ4v) is 2.35. The molecule has 0 saturated carbocycles. The van der Waals surface area contributed by atoms with Gasteiger partial charge in [-0.2, -0.15) is 4.39 Å². The summed E-state index contributed by atoms with van der Waals surface area (Å²) in [4.78, 5) is 10.1. The Balaban J connectivity index is 2.10. The summed E-state index contributed by atoms with van der Waals surface area (Å²) in [5.74, 6) is -0.337. The van der Waals surface area contributed by atoms with Crippen LogP contribution in [0.3, 0.4) is 0 Å². The van der Waals surface area contributed by atoms with Crippen LogP contribution in [0.15, 0.2) is 42.5 Å². The normalized spacial score (nSPS) is 13.4. The van der Waals surface area contributed by atoms with Gasteiger partial charge >= 0.3 is 5.69 Å². The van der Waals surface area contributed by atoms with E-state index in [0.717, 1.165) is 17.2 Å². The summed E-state index contributed by atoms with van der Waals surface area (Å²) >= 11 is 0. The van der Waals surface area contributed by atoms with E-state index in [9.17, 15) is 14.5 Å². The van der Waals surface area contributed by atoms with Gasteiger partial charge in [0.1, 0.15) is 12.2 Å². The van der Waals surface area contributed by atoms with Gasteiger partial charge in [0.25, 0.3) is 5.84 Å². The van der Waals surface area contributed by atoms with E-state index in [-0.39, 0.29) is 0 Å². The number of fused-ring (bicyclic) bond motifs is 1. The maximum Gasteiger partial charge on any atom is 0.309 e. The van der Waals surface area contributed by atoms with Crippen molar-refractivity contribution in [3.63, 3.8) is 0 Å². The van der Waals surface area contributed by atoms with Crippen LogP contribution in [0.4, 0.5) is 15.8 Å². The molecule has 0 spiro atoms. The van der Waals surface area contributed by atoms with Crippen LogP contribution >= 0.6 is 0 Å². The van der Waals surface area contributed by atoms with E-state index in [4.69, 9.17) is 5.73 Å². The van der Waals surface area contributed by atoms with Crippen LogP contribution in [-0.4, -0.2) is 15.3 Å². The third-order valence-corrected chi connectivity index (χ3v) is 3.35. The lowest BCUT2D eigenvalue weighted by molar-refractivity contribution is -0.454. The van der Waals surface area contributed by atoms with Crippen LogP contribution in [-0.2, 0) is 6.54 Å². The van der Waals surface area contributed by atoms with Crippen LogP contribution in [0.25, 0.3) is 0 Å². The third kappa shape index (κ3) is 1.82. The largest absolute Gasteiger partial charge is 0.309 e. The molecule has 3 rings (SSSR count). The summed E-state index contributed by atoms with van der Waals surface area (Å²) in [6.45, 7) is 0.519. The highest BCUT2D eigenvalue weighted by Gasteiger charge is 2.27. The van der Waals surface area contributed by atoms with E-state index in [2.05, 4.69) is 0 Å². The van der Waals surface area contributed by atoms with Crippen molar-refractivity contribution >= 4 is 17.2 Å². The number of halogens is 1. The highest BCUT2D eigenvalue weighted by molar-refractivity contribution is 5.97. The molecule has 0 aliphatic carbocycles. The third-order valence-electron chi connectivity index (χ3n) is 3.35. The Morgan fingerprint density at radius 3 is 2.70 bits per heavy atom. The molecule has 6 heteroatoms. The Morgan fingerprint density at radius 2 is 2.00 bits per heavy atom. The molecule has 20 heavy (non-hydrogen) atoms. The lowest BCUT2D eigenvalue weighted by Gasteiger charge is -2.03. The molecule has 1 aliphatic rings. The maximum absolute atomic E-state index is 13.4. The summed E-state index contributed by atoms with van der Waals surface area (Å²) in [6.07, 6.45) is 0. The second-order valence-electron chi connectivity index (χ2n) is 4.52. The molecule has 0 aromatic heterocycles. The first-order chi connectivity index (χ1) is 9.58. The average molecular weight is 272 g/mol. The van der Waals surface area contributed by atoms with Gasteiger partial charge < -0.3 is 0 Å². The van der Waals surface area contributed by atoms with Crippen LogP contribution < -0.4 is 5.73 Å². The Kier molecular flexibility index (Phi) is 2.71. The van der Waals surface area contributed by atoms with Gasteiger partial charge in [-0.15, -0.1) is 0 Å². The van der Waals surface area contributed by atoms with E-state index in [1.54, 1.807) is 4.58 Å². The SMILES string of the molecule is NC1=[N+](c2ccc(F)c([N+](=O)[O-])c2)Cc2ccccc21. The van der Waals surface area contributed by atoms with Crippen molar-refractivity contribution in [2.45, 2.75) is 6.54 Å². The maximum atomic E-state index is 13.4. The Morgan fingerprint density at radius 1 is 1.25 bits per heavy atom. The van der Waals surface area contributed by atoms with Crippen molar-refractivity contribution < 1.29 is 13.9 Å². The molecule has 0 atom stereocenters. The van der Waals surface area contributed by atoms with Gasteiger partial charge in [-0.05, 0) is 18.2 Å². The van der Waals surface area contributed by atoms with E-state index in [1.165, 1.54) is 12.1 Å². The Hall–Kier alpha value is -2.76. The molecule has 100 valence electrons. The van der Waals surface area contributed by atoms with Crippen molar-refractivity contribution in [2.75, 3.05) is 0 Å². The second kappa shape index (κ2) is 4.41. The van der Waals surface area contributed by atoms with Crippen LogP contribution in [0, 0.1) is 15.9 Å². The van der Waals surface area contributed by atoms with Crippen molar-refractivity contribution in [1.29, 1.82) is 0 Å². The molecule has 5 nitrogen and oxygen atoms in total. The quantitative estimate of drug-likeness (QED) is 0.518. The number of amidine groups is 1. The van der Waals surface area contributed by atoms with Crippen LogP contribution in [0.5, 0.6) is 0 Å². The molecule has 0 bridgehead atoms. The first-order valence-corrected chi connectivity index (χ1v) is 6.00. The number of hydrogen-bond acceptors (Lipinski definition) is 3. The minimum atomic E-state index is -0.853. The minimum absolute atomic E-state index is 0.506. The standard InChI is InChI=1S/C14H10FN3O2/c15-12-6-5-10(7-13(12)18(19)20)17-8-9-3-1-2-4-11(9)14(17)16/h1-7,16H,8H2/p+1. The van der Waals surface area contributed by atoms with Crippen LogP contribution in [0.1, 0.15) is 11.1 Å². The average Bonchev–Trinajstić information content (AvgIpc) is 2.77. The molecule has 0 fully saturated rings. The predicted molar refractivity (Wildman–Crippen MR) is 71.4 cm³/mol. The van der Waals surface area contributed by atoms with E-state index >= 15 is 0 Å². The summed E-state index contributed by atoms with van der Waals surface area (Å²) < 4.78 is 15.1. The summed E-state index contributed by atoms with van der Waals surface area (Å²) in [5, 5.41) is 10.8. The molecular weight excluding hydrogens is 261 g/mol. The number of nitrogens with zero attached hydrogens (tertiary/aromatic N) is 2. The van der Waals surface area contributed by atoms with E-state index in [1.807, 2.05) is 24.3 Å². The first-order valence-electron chi connectivity index (χ1n) is 6.00. The van der Waals surface area contributed by atoms with Crippen molar-refractivity contribution in [1.82, 2.24) is 0 Å². The zero-order valence-electron chi connectivity index (χ0n) is 10.4. The lowest BCUT2D eigenvalue weighted by Crippen LogP contribution is -2.20. The first kappa shape index (κ1) is 12.3. The summed E-state index contributed by atoms with van der Waals surface area (Å²) in [6, 6.07) is 11.4. The molecule has 2 aromatic rings. The number of nitrogens with two attached hydrogens (primary N) is 1. The molecule has 0 amide bonds. The number of hydrogen-bond donors (Lipinski definition) is 1. The van der Waals surface area contributed by atoms with E-state index < -0.39 is 16.4 Å². The van der Waals surface area contributed by atoms with Gasteiger partial charge in [-0.3, -0.25) is 15.8 Å². The van der Waals surface area contributed by atoms with Gasteiger partial charge in [-0.25, -0.2) is 4.58 Å². The summed E-state index contributed by atoms with van der Waals surface area (Å²) in [7, 11) is 0. The van der Waals surface area contributed by atoms with Crippen molar-refractivity contribution in [2.24, 2.45) is 5.73 Å². The Bertz CT molecular complexity index is 756. The topological polar surface area (TPSA) is 72.2 Å². The van der Waals surface area contributed by atoms with Gasteiger partial charge in [0.2, 0.25) is 5.82 Å². The molecule has 2 N–H and O–H groups in total. The van der Waals surface area contributed by atoms with Gasteiger partial charge in [0, 0.05) is 5.56 Å².